The summed E-state index contributed by atoms with van der Waals surface area (Å²) in [7, 11) is 0. The van der Waals surface area contributed by atoms with E-state index in [1.165, 1.54) is 37.6 Å². The zero-order chi connectivity index (χ0) is 43.6. The van der Waals surface area contributed by atoms with Crippen LogP contribution < -0.4 is 26.4 Å². The molecule has 22 nitrogen and oxygen atoms in total. The van der Waals surface area contributed by atoms with Crippen LogP contribution in [0.2, 0.25) is 0 Å². The Labute approximate surface area is 339 Å². The molecule has 0 aliphatic heterocycles. The van der Waals surface area contributed by atoms with Gasteiger partial charge in [0.05, 0.1) is 22.8 Å². The first kappa shape index (κ1) is 41.7. The molecule has 22 heteroatoms. The minimum absolute atomic E-state index is 0.0107. The predicted molar refractivity (Wildman–Crippen MR) is 210 cm³/mol. The second-order valence-electron chi connectivity index (χ2n) is 12.1. The molecule has 8 rings (SSSR count). The molecular formula is C39H31N9O13. The van der Waals surface area contributed by atoms with Gasteiger partial charge in [0.2, 0.25) is 0 Å². The van der Waals surface area contributed by atoms with Gasteiger partial charge in [-0.05, 0) is 18.1 Å². The number of esters is 1. The first-order chi connectivity index (χ1) is 29.4. The molecule has 0 saturated heterocycles. The van der Waals surface area contributed by atoms with Crippen molar-refractivity contribution in [3.8, 4) is 17.2 Å². The van der Waals surface area contributed by atoms with Gasteiger partial charge in [0, 0.05) is 24.7 Å². The van der Waals surface area contributed by atoms with Crippen LogP contribution in [0, 0.1) is 0 Å². The number of hydrogen-bond acceptors (Lipinski definition) is 18. The first-order valence-corrected chi connectivity index (χ1v) is 17.6. The maximum atomic E-state index is 12.7. The normalized spacial score (nSPS) is 10.6. The summed E-state index contributed by atoms with van der Waals surface area (Å²) in [5.74, 6) is -3.95. The van der Waals surface area contributed by atoms with Crippen molar-refractivity contribution < 1.29 is 49.6 Å². The number of fused-ring (bicyclic) bond motifs is 3. The molecule has 0 amide bonds. The summed E-state index contributed by atoms with van der Waals surface area (Å²) in [5.41, 5.74) is -2.25. The quantitative estimate of drug-likeness (QED) is 0.102. The molecule has 0 saturated carbocycles. The van der Waals surface area contributed by atoms with E-state index in [1.807, 2.05) is 36.4 Å². The van der Waals surface area contributed by atoms with Crippen LogP contribution in [0.1, 0.15) is 38.8 Å². The molecule has 0 bridgehead atoms. The largest absolute Gasteiger partial charge is 0.507 e. The van der Waals surface area contributed by atoms with E-state index in [0.717, 1.165) is 26.7 Å². The Morgan fingerprint density at radius 1 is 0.639 bits per heavy atom. The van der Waals surface area contributed by atoms with E-state index in [0.29, 0.717) is 4.73 Å². The molecule has 310 valence electrons. The molecule has 8 aromatic rings. The van der Waals surface area contributed by atoms with Gasteiger partial charge in [0.15, 0.2) is 28.1 Å². The number of nitrogens with zero attached hydrogens (tertiary/aromatic N) is 9. The predicted octanol–water partition coefficient (Wildman–Crippen LogP) is 1.86. The van der Waals surface area contributed by atoms with E-state index < -0.39 is 51.2 Å². The van der Waals surface area contributed by atoms with Crippen molar-refractivity contribution in [2.24, 2.45) is 0 Å². The number of rotatable bonds is 9. The molecule has 6 heterocycles. The van der Waals surface area contributed by atoms with Crippen molar-refractivity contribution in [3.63, 3.8) is 0 Å². The van der Waals surface area contributed by atoms with Gasteiger partial charge in [-0.25, -0.2) is 39.5 Å². The summed E-state index contributed by atoms with van der Waals surface area (Å²) in [5, 5.41) is 48.2. The van der Waals surface area contributed by atoms with Gasteiger partial charge in [0.25, 0.3) is 5.56 Å². The van der Waals surface area contributed by atoms with E-state index in [4.69, 9.17) is 19.5 Å². The number of carboxylic acid groups (broad SMARTS) is 1. The standard InChI is InChI=1S/C17H15N3O5.C15H11N3O5.C7H5N3O3/c1-2-24-17(23)13-14(21)12-8-18-10-19-15(12)20(16(13)22)25-9-11-6-4-3-5-7-11;19-12-10-6-16-8-17-13(10)18(14(20)11(12)15(21)22)23-7-9-4-2-1-3-5-9;11-5-1-6(12)10(13)7-4(5)2-8-3-9-7/h3-8,10,21H,2,9H2,1H3;1-6,8,19H,7H2,(H,21,22);1-3,11,13H. The summed E-state index contributed by atoms with van der Waals surface area (Å²) >= 11 is 0. The lowest BCUT2D eigenvalue weighted by Gasteiger charge is -2.13. The maximum absolute atomic E-state index is 12.7. The smallest absolute Gasteiger partial charge is 0.347 e. The third-order valence-electron chi connectivity index (χ3n) is 8.28. The lowest BCUT2D eigenvalue weighted by atomic mass is 10.2. The fourth-order valence-corrected chi connectivity index (χ4v) is 5.45. The zero-order valence-electron chi connectivity index (χ0n) is 31.5. The Balaban J connectivity index is 0.000000160. The van der Waals surface area contributed by atoms with Crippen molar-refractivity contribution in [2.75, 3.05) is 6.61 Å². The van der Waals surface area contributed by atoms with E-state index in [9.17, 15) is 44.5 Å². The molecule has 0 radical (unpaired) electrons. The van der Waals surface area contributed by atoms with Crippen LogP contribution in [0.3, 0.4) is 0 Å². The highest BCUT2D eigenvalue weighted by molar-refractivity contribution is 5.98. The molecule has 6 aromatic heterocycles. The molecule has 0 aliphatic rings. The lowest BCUT2D eigenvalue weighted by molar-refractivity contribution is 0.0507. The molecule has 5 N–H and O–H groups in total. The molecule has 2 aromatic carbocycles. The Morgan fingerprint density at radius 2 is 1.08 bits per heavy atom. The molecular weight excluding hydrogens is 802 g/mol. The summed E-state index contributed by atoms with van der Waals surface area (Å²) in [6, 6.07) is 19.1. The SMILES string of the molecule is CCOC(=O)c1c(O)c2cncnc2n(OCc2ccccc2)c1=O.O=C(O)c1c(O)c2cncnc2n(OCc2ccccc2)c1=O.O=c1cc(O)c2cncnc2n1O. The number of aromatic carboxylic acids is 1. The highest BCUT2D eigenvalue weighted by Gasteiger charge is 2.26. The summed E-state index contributed by atoms with van der Waals surface area (Å²) < 4.78 is 6.83. The van der Waals surface area contributed by atoms with Gasteiger partial charge in [0.1, 0.15) is 49.4 Å². The summed E-state index contributed by atoms with van der Waals surface area (Å²) in [6.45, 7) is 1.77. The van der Waals surface area contributed by atoms with E-state index >= 15 is 0 Å². The van der Waals surface area contributed by atoms with Gasteiger partial charge in [-0.2, -0.15) is 0 Å². The number of benzene rings is 2. The van der Waals surface area contributed by atoms with Crippen molar-refractivity contribution >= 4 is 45.0 Å². The van der Waals surface area contributed by atoms with Crippen molar-refractivity contribution in [3.05, 3.63) is 158 Å². The number of aromatic hydroxyl groups is 3. The molecule has 0 spiro atoms. The molecule has 0 unspecified atom stereocenters. The third kappa shape index (κ3) is 8.96. The van der Waals surface area contributed by atoms with E-state index in [1.54, 1.807) is 31.2 Å². The van der Waals surface area contributed by atoms with Crippen LogP contribution in [0.4, 0.5) is 0 Å². The van der Waals surface area contributed by atoms with Gasteiger partial charge in [-0.15, -0.1) is 14.2 Å². The average Bonchev–Trinajstić information content (AvgIpc) is 3.27. The van der Waals surface area contributed by atoms with E-state index in [2.05, 4.69) is 29.9 Å². The van der Waals surface area contributed by atoms with Gasteiger partial charge >= 0.3 is 23.1 Å². The minimum atomic E-state index is -1.56. The van der Waals surface area contributed by atoms with Crippen molar-refractivity contribution in [1.82, 2.24) is 44.1 Å². The zero-order valence-corrected chi connectivity index (χ0v) is 31.5. The summed E-state index contributed by atoms with van der Waals surface area (Å²) in [6.07, 6.45) is 7.38. The number of carbonyl (C=O) groups excluding carboxylic acids is 1. The Bertz CT molecular complexity index is 3070. The number of carboxylic acids is 1. The van der Waals surface area contributed by atoms with Crippen LogP contribution in [-0.4, -0.2) is 88.3 Å². The van der Waals surface area contributed by atoms with Gasteiger partial charge < -0.3 is 40.0 Å². The molecule has 0 atom stereocenters. The van der Waals surface area contributed by atoms with Crippen LogP contribution in [-0.2, 0) is 18.0 Å². The maximum Gasteiger partial charge on any atom is 0.347 e. The van der Waals surface area contributed by atoms with Crippen LogP contribution in [0.15, 0.2) is 119 Å². The number of carbonyl (C=O) groups is 2. The fourth-order valence-electron chi connectivity index (χ4n) is 5.45. The van der Waals surface area contributed by atoms with Gasteiger partial charge in [-0.1, -0.05) is 60.7 Å². The highest BCUT2D eigenvalue weighted by Crippen LogP contribution is 2.25. The molecule has 0 aliphatic carbocycles. The Hall–Kier alpha value is -8.95. The fraction of sp³-hybridized carbons (Fsp3) is 0.103. The number of ether oxygens (including phenoxy) is 1. The average molecular weight is 834 g/mol. The van der Waals surface area contributed by atoms with E-state index in [-0.39, 0.29) is 58.7 Å². The molecule has 0 fully saturated rings. The Kier molecular flexibility index (Phi) is 12.7. The Morgan fingerprint density at radius 3 is 1.56 bits per heavy atom. The first-order valence-electron chi connectivity index (χ1n) is 17.6. The number of aromatic nitrogens is 9. The van der Waals surface area contributed by atoms with Crippen LogP contribution >= 0.6 is 0 Å². The van der Waals surface area contributed by atoms with Crippen molar-refractivity contribution in [2.45, 2.75) is 20.1 Å². The second-order valence-corrected chi connectivity index (χ2v) is 12.1. The monoisotopic (exact) mass is 833 g/mol. The van der Waals surface area contributed by atoms with Crippen molar-refractivity contribution in [1.29, 1.82) is 0 Å². The van der Waals surface area contributed by atoms with Gasteiger partial charge in [-0.3, -0.25) is 14.4 Å². The number of hydrogen-bond donors (Lipinski definition) is 5. The highest BCUT2D eigenvalue weighted by atomic mass is 16.7. The minimum Gasteiger partial charge on any atom is -0.507 e. The summed E-state index contributed by atoms with van der Waals surface area (Å²) in [4.78, 5) is 92.9. The van der Waals surface area contributed by atoms with Crippen LogP contribution in [0.25, 0.3) is 33.1 Å². The second kappa shape index (κ2) is 18.5. The topological polar surface area (TPSA) is 306 Å². The van der Waals surface area contributed by atoms with Crippen LogP contribution in [0.5, 0.6) is 17.2 Å². The number of pyridine rings is 3. The molecule has 61 heavy (non-hydrogen) atoms. The third-order valence-corrected chi connectivity index (χ3v) is 8.28. The lowest BCUT2D eigenvalue weighted by Crippen LogP contribution is -2.32.